The number of carbonyl (C=O) groups is 1. The maximum absolute atomic E-state index is 13.8. The Balaban J connectivity index is 1.20. The van der Waals surface area contributed by atoms with Crippen LogP contribution >= 0.6 is 0 Å². The Kier molecular flexibility index (Phi) is 7.88. The molecule has 1 aliphatic heterocycles. The zero-order valence-corrected chi connectivity index (χ0v) is 25.9. The predicted molar refractivity (Wildman–Crippen MR) is 172 cm³/mol. The molecule has 4 heterocycles. The summed E-state index contributed by atoms with van der Waals surface area (Å²) in [6.07, 6.45) is 5.36. The van der Waals surface area contributed by atoms with Gasteiger partial charge in [-0.2, -0.15) is 5.10 Å². The third-order valence-electron chi connectivity index (χ3n) is 8.12. The number of hydrogen-bond acceptors (Lipinski definition) is 5. The summed E-state index contributed by atoms with van der Waals surface area (Å²) in [5, 5.41) is 9.49. The van der Waals surface area contributed by atoms with E-state index in [0.717, 1.165) is 68.8 Å². The summed E-state index contributed by atoms with van der Waals surface area (Å²) in [5.74, 6) is -0.248. The number of nitrogens with zero attached hydrogens (tertiary/aromatic N) is 4. The Hall–Kier alpha value is -4.66. The number of fused-ring (bicyclic) bond motifs is 1. The molecule has 1 aliphatic rings. The van der Waals surface area contributed by atoms with Crippen molar-refractivity contribution in [2.75, 3.05) is 18.4 Å². The van der Waals surface area contributed by atoms with Gasteiger partial charge in [0, 0.05) is 65.0 Å². The summed E-state index contributed by atoms with van der Waals surface area (Å²) in [7, 11) is 0. The average Bonchev–Trinajstić information content (AvgIpc) is 3.51. The first-order valence-corrected chi connectivity index (χ1v) is 15.1. The van der Waals surface area contributed by atoms with Gasteiger partial charge in [-0.05, 0) is 88.9 Å². The third-order valence-corrected chi connectivity index (χ3v) is 8.12. The molecular formula is C35H39FN6O2. The molecule has 44 heavy (non-hydrogen) atoms. The zero-order chi connectivity index (χ0) is 31.0. The van der Waals surface area contributed by atoms with E-state index in [4.69, 9.17) is 14.8 Å². The summed E-state index contributed by atoms with van der Waals surface area (Å²) in [4.78, 5) is 22.3. The number of amides is 1. The van der Waals surface area contributed by atoms with Gasteiger partial charge in [-0.15, -0.1) is 0 Å². The van der Waals surface area contributed by atoms with Crippen LogP contribution < -0.4 is 5.32 Å². The van der Waals surface area contributed by atoms with Gasteiger partial charge in [0.15, 0.2) is 0 Å². The number of benzene rings is 2. The lowest BCUT2D eigenvalue weighted by Crippen LogP contribution is -2.44. The van der Waals surface area contributed by atoms with E-state index in [-0.39, 0.29) is 18.0 Å². The Morgan fingerprint density at radius 3 is 2.59 bits per heavy atom. The molecule has 6 rings (SSSR count). The Morgan fingerprint density at radius 2 is 1.84 bits per heavy atom. The lowest BCUT2D eigenvalue weighted by Gasteiger charge is -2.34. The highest BCUT2D eigenvalue weighted by Crippen LogP contribution is 2.35. The smallest absolute Gasteiger partial charge is 0.410 e. The molecular weight excluding hydrogens is 555 g/mol. The SMILES string of the molecule is Cc1nn(Cc2cccc(F)c2)c(C)c1-c1c[nH]c2ncc(-c3cccc(NC4CCN(C(=O)OC(C)(C)C)CC4)c3)cc12. The molecule has 0 spiro atoms. The summed E-state index contributed by atoms with van der Waals surface area (Å²) in [6.45, 7) is 11.6. The number of halogens is 1. The predicted octanol–water partition coefficient (Wildman–Crippen LogP) is 7.71. The molecule has 9 heteroatoms. The maximum atomic E-state index is 13.8. The van der Waals surface area contributed by atoms with Gasteiger partial charge >= 0.3 is 6.09 Å². The fourth-order valence-electron chi connectivity index (χ4n) is 5.97. The van der Waals surface area contributed by atoms with Crippen LogP contribution in [0.25, 0.3) is 33.3 Å². The van der Waals surface area contributed by atoms with Crippen molar-refractivity contribution >= 4 is 22.8 Å². The normalized spacial score (nSPS) is 14.3. The van der Waals surface area contributed by atoms with Gasteiger partial charge in [0.05, 0.1) is 12.2 Å². The molecule has 0 saturated carbocycles. The maximum Gasteiger partial charge on any atom is 0.410 e. The molecule has 228 valence electrons. The van der Waals surface area contributed by atoms with Crippen LogP contribution in [0, 0.1) is 19.7 Å². The van der Waals surface area contributed by atoms with Gasteiger partial charge in [-0.1, -0.05) is 24.3 Å². The van der Waals surface area contributed by atoms with Crippen molar-refractivity contribution in [1.82, 2.24) is 24.6 Å². The first-order chi connectivity index (χ1) is 21.0. The Morgan fingerprint density at radius 1 is 1.07 bits per heavy atom. The van der Waals surface area contributed by atoms with Crippen LogP contribution in [-0.4, -0.2) is 55.5 Å². The van der Waals surface area contributed by atoms with Crippen molar-refractivity contribution in [1.29, 1.82) is 0 Å². The number of ether oxygens (including phenoxy) is 1. The highest BCUT2D eigenvalue weighted by molar-refractivity contribution is 5.97. The number of rotatable bonds is 6. The summed E-state index contributed by atoms with van der Waals surface area (Å²) >= 11 is 0. The van der Waals surface area contributed by atoms with Crippen LogP contribution in [0.4, 0.5) is 14.9 Å². The average molecular weight is 595 g/mol. The van der Waals surface area contributed by atoms with E-state index in [2.05, 4.69) is 47.6 Å². The number of aromatic amines is 1. The van der Waals surface area contributed by atoms with Crippen LogP contribution in [0.2, 0.25) is 0 Å². The molecule has 2 aromatic carbocycles. The minimum atomic E-state index is -0.491. The third kappa shape index (κ3) is 6.32. The standard InChI is InChI=1S/C35H39FN6O2/c1-22-32(23(2)42(40-22)21-24-8-6-10-27(36)16-24)31-20-38-33-30(31)18-26(19-37-33)25-9-7-11-29(17-25)39-28-12-14-41(15-13-28)34(43)44-35(3,4)5/h6-11,16-20,28,39H,12-15,21H2,1-5H3,(H,37,38). The second kappa shape index (κ2) is 11.8. The minimum absolute atomic E-state index is 0.241. The Bertz CT molecular complexity index is 1810. The molecule has 0 atom stereocenters. The number of aromatic nitrogens is 4. The van der Waals surface area contributed by atoms with E-state index < -0.39 is 5.60 Å². The second-order valence-electron chi connectivity index (χ2n) is 12.6. The minimum Gasteiger partial charge on any atom is -0.444 e. The van der Waals surface area contributed by atoms with Gasteiger partial charge < -0.3 is 19.9 Å². The number of likely N-dealkylation sites (tertiary alicyclic amines) is 1. The van der Waals surface area contributed by atoms with Crippen molar-refractivity contribution in [3.05, 3.63) is 89.8 Å². The zero-order valence-electron chi connectivity index (χ0n) is 25.9. The van der Waals surface area contributed by atoms with Crippen LogP contribution in [0.15, 0.2) is 67.0 Å². The van der Waals surface area contributed by atoms with E-state index in [1.165, 1.54) is 6.07 Å². The van der Waals surface area contributed by atoms with Crippen LogP contribution in [0.3, 0.4) is 0 Å². The number of hydrogen-bond donors (Lipinski definition) is 2. The highest BCUT2D eigenvalue weighted by atomic mass is 19.1. The molecule has 0 unspecified atom stereocenters. The largest absolute Gasteiger partial charge is 0.444 e. The summed E-state index contributed by atoms with van der Waals surface area (Å²) in [5.41, 5.74) is 8.34. The first kappa shape index (κ1) is 29.4. The van der Waals surface area contributed by atoms with Crippen molar-refractivity contribution in [2.24, 2.45) is 0 Å². The van der Waals surface area contributed by atoms with Crippen molar-refractivity contribution in [3.63, 3.8) is 0 Å². The molecule has 8 nitrogen and oxygen atoms in total. The van der Waals surface area contributed by atoms with Crippen LogP contribution in [0.5, 0.6) is 0 Å². The van der Waals surface area contributed by atoms with E-state index in [9.17, 15) is 9.18 Å². The van der Waals surface area contributed by atoms with Gasteiger partial charge in [0.1, 0.15) is 17.1 Å². The first-order valence-electron chi connectivity index (χ1n) is 15.1. The van der Waals surface area contributed by atoms with Crippen LogP contribution in [-0.2, 0) is 11.3 Å². The topological polar surface area (TPSA) is 88.1 Å². The van der Waals surface area contributed by atoms with E-state index in [0.29, 0.717) is 19.6 Å². The second-order valence-corrected chi connectivity index (χ2v) is 12.6. The lowest BCUT2D eigenvalue weighted by molar-refractivity contribution is 0.0210. The lowest BCUT2D eigenvalue weighted by atomic mass is 10.0. The Labute approximate surface area is 257 Å². The molecule has 0 bridgehead atoms. The molecule has 0 aliphatic carbocycles. The van der Waals surface area contributed by atoms with Crippen LogP contribution in [0.1, 0.15) is 50.6 Å². The van der Waals surface area contributed by atoms with Crippen molar-refractivity contribution in [2.45, 2.75) is 65.6 Å². The number of aryl methyl sites for hydroxylation is 1. The molecule has 0 radical (unpaired) electrons. The monoisotopic (exact) mass is 594 g/mol. The molecule has 1 fully saturated rings. The number of pyridine rings is 1. The van der Waals surface area contributed by atoms with E-state index in [1.807, 2.05) is 50.8 Å². The number of carbonyl (C=O) groups excluding carboxylic acids is 1. The quantitative estimate of drug-likeness (QED) is 0.210. The number of anilines is 1. The number of piperidine rings is 1. The fourth-order valence-corrected chi connectivity index (χ4v) is 5.97. The highest BCUT2D eigenvalue weighted by Gasteiger charge is 2.27. The number of nitrogens with one attached hydrogen (secondary N) is 2. The number of H-pyrrole nitrogens is 1. The van der Waals surface area contributed by atoms with E-state index >= 15 is 0 Å². The molecule has 1 saturated heterocycles. The molecule has 3 aromatic heterocycles. The van der Waals surface area contributed by atoms with E-state index in [1.54, 1.807) is 17.0 Å². The summed E-state index contributed by atoms with van der Waals surface area (Å²) in [6, 6.07) is 17.5. The summed E-state index contributed by atoms with van der Waals surface area (Å²) < 4.78 is 21.3. The molecule has 5 aromatic rings. The van der Waals surface area contributed by atoms with Gasteiger partial charge in [-0.25, -0.2) is 14.2 Å². The van der Waals surface area contributed by atoms with Crippen molar-refractivity contribution in [3.8, 4) is 22.3 Å². The van der Waals surface area contributed by atoms with Gasteiger partial charge in [-0.3, -0.25) is 4.68 Å². The van der Waals surface area contributed by atoms with Gasteiger partial charge in [0.25, 0.3) is 0 Å². The van der Waals surface area contributed by atoms with Gasteiger partial charge in [0.2, 0.25) is 0 Å². The molecule has 2 N–H and O–H groups in total. The fraction of sp³-hybridized carbons (Fsp3) is 0.343. The molecule has 1 amide bonds. The van der Waals surface area contributed by atoms with Crippen molar-refractivity contribution < 1.29 is 13.9 Å².